The first-order valence-electron chi connectivity index (χ1n) is 15.7. The number of hydrogen-bond acceptors (Lipinski definition) is 9. The lowest BCUT2D eigenvalue weighted by atomic mass is 9.94. The molecule has 2 aromatic carbocycles. The molecule has 2 bridgehead atoms. The molecule has 0 spiro atoms. The number of pyridine rings is 1. The van der Waals surface area contributed by atoms with Crippen molar-refractivity contribution >= 4 is 39.1 Å². The summed E-state index contributed by atoms with van der Waals surface area (Å²) in [4.78, 5) is 30.8. The number of anilines is 2. The average molecular weight is 636 g/mol. The maximum Gasteiger partial charge on any atom is 0.319 e. The van der Waals surface area contributed by atoms with Crippen LogP contribution in [0.5, 0.6) is 6.01 Å². The number of alkyl halides is 1. The number of piperazine rings is 1. The van der Waals surface area contributed by atoms with Crippen molar-refractivity contribution in [3.63, 3.8) is 0 Å². The molecule has 4 fully saturated rings. The van der Waals surface area contributed by atoms with Crippen molar-refractivity contribution in [3.05, 3.63) is 47.3 Å². The Kier molecular flexibility index (Phi) is 6.84. The molecule has 13 heteroatoms. The molecule has 240 valence electrons. The summed E-state index contributed by atoms with van der Waals surface area (Å²) in [6, 6.07) is 5.48. The Hall–Kier alpha value is -4.10. The van der Waals surface area contributed by atoms with Gasteiger partial charge in [-0.15, -0.1) is 0 Å². The summed E-state index contributed by atoms with van der Waals surface area (Å²) in [7, 11) is 0. The van der Waals surface area contributed by atoms with Crippen LogP contribution in [0, 0.1) is 17.5 Å². The van der Waals surface area contributed by atoms with Crippen LogP contribution < -0.4 is 20.7 Å². The summed E-state index contributed by atoms with van der Waals surface area (Å²) in [5, 5.41) is 3.75. The number of aromatic nitrogens is 3. The van der Waals surface area contributed by atoms with Gasteiger partial charge in [0.25, 0.3) is 0 Å². The number of fused-ring (bicyclic) bond motifs is 5. The largest absolute Gasteiger partial charge is 0.461 e. The third-order valence-corrected chi connectivity index (χ3v) is 10.2. The Morgan fingerprint density at radius 2 is 1.87 bits per heavy atom. The summed E-state index contributed by atoms with van der Waals surface area (Å²) in [6.45, 7) is 3.74. The highest BCUT2D eigenvalue weighted by molar-refractivity contribution is 6.10. The molecule has 0 unspecified atom stereocenters. The van der Waals surface area contributed by atoms with Crippen LogP contribution in [0.3, 0.4) is 0 Å². The van der Waals surface area contributed by atoms with E-state index in [1.54, 1.807) is 0 Å². The van der Waals surface area contributed by atoms with Crippen molar-refractivity contribution in [2.24, 2.45) is 0 Å². The van der Waals surface area contributed by atoms with Crippen molar-refractivity contribution in [1.82, 2.24) is 25.2 Å². The molecular formula is C33H33F4N7O2. The fourth-order valence-electron chi connectivity index (χ4n) is 8.11. The standard InChI is InChI=1S/C33H33F4N7O2/c1-16(45)21-10-22-29(28(37)26(21)30-25-17(9-24(38)40-30)3-6-23(35)27(25)36)41-32(42-31(22)43-13-19-4-5-20(14-43)39-19)46-15-33-7-2-8-44(33)12-18(34)11-33/h3,6,9-10,18-20,39H,2,4-5,7-8,11-15H2,1H3,(H2,38,40)/t18-,19-,20+,33+/m1/s1. The Balaban J connectivity index is 1.33. The van der Waals surface area contributed by atoms with Gasteiger partial charge in [0, 0.05) is 60.0 Å². The molecule has 4 aliphatic rings. The SMILES string of the molecule is CC(=O)c1cc2c(N3C[C@H]4CC[C@@H](C3)N4)nc(OC[C@@]34CCCN3C[C@H](F)C4)nc2c(F)c1-c1nc(N)cc2ccc(F)c(F)c12. The highest BCUT2D eigenvalue weighted by Crippen LogP contribution is 2.43. The van der Waals surface area contributed by atoms with Crippen LogP contribution in [0.2, 0.25) is 0 Å². The first kappa shape index (κ1) is 29.3. The van der Waals surface area contributed by atoms with E-state index in [0.717, 1.165) is 38.3 Å². The van der Waals surface area contributed by atoms with Crippen LogP contribution in [0.1, 0.15) is 49.4 Å². The van der Waals surface area contributed by atoms with E-state index in [4.69, 9.17) is 15.5 Å². The molecule has 6 heterocycles. The van der Waals surface area contributed by atoms with E-state index in [1.165, 1.54) is 25.1 Å². The zero-order valence-electron chi connectivity index (χ0n) is 25.3. The summed E-state index contributed by atoms with van der Waals surface area (Å²) in [5.74, 6) is -3.51. The van der Waals surface area contributed by atoms with Crippen LogP contribution in [-0.4, -0.2) is 82.2 Å². The predicted octanol–water partition coefficient (Wildman–Crippen LogP) is 4.94. The number of nitrogens with one attached hydrogen (secondary N) is 1. The minimum atomic E-state index is -1.24. The molecule has 0 radical (unpaired) electrons. The van der Waals surface area contributed by atoms with Crippen molar-refractivity contribution in [2.75, 3.05) is 43.4 Å². The molecule has 4 saturated heterocycles. The number of halogens is 4. The van der Waals surface area contributed by atoms with E-state index >= 15 is 8.78 Å². The van der Waals surface area contributed by atoms with Crippen molar-refractivity contribution < 1.29 is 27.1 Å². The number of benzene rings is 2. The molecule has 3 N–H and O–H groups in total. The lowest BCUT2D eigenvalue weighted by Gasteiger charge is -2.35. The molecular weight excluding hydrogens is 602 g/mol. The minimum Gasteiger partial charge on any atom is -0.461 e. The number of rotatable bonds is 6. The minimum absolute atomic E-state index is 0.0608. The van der Waals surface area contributed by atoms with Crippen LogP contribution in [0.25, 0.3) is 32.9 Å². The lowest BCUT2D eigenvalue weighted by molar-refractivity contribution is 0.101. The molecule has 46 heavy (non-hydrogen) atoms. The second kappa shape index (κ2) is 10.7. The van der Waals surface area contributed by atoms with Crippen LogP contribution in [-0.2, 0) is 0 Å². The fraction of sp³-hybridized carbons (Fsp3) is 0.455. The van der Waals surface area contributed by atoms with Gasteiger partial charge in [-0.1, -0.05) is 6.07 Å². The van der Waals surface area contributed by atoms with Gasteiger partial charge in [-0.05, 0) is 62.7 Å². The number of ketones is 1. The van der Waals surface area contributed by atoms with E-state index in [9.17, 15) is 13.6 Å². The van der Waals surface area contributed by atoms with Gasteiger partial charge in [-0.2, -0.15) is 9.97 Å². The highest BCUT2D eigenvalue weighted by Gasteiger charge is 2.49. The predicted molar refractivity (Wildman–Crippen MR) is 165 cm³/mol. The van der Waals surface area contributed by atoms with Gasteiger partial charge < -0.3 is 20.7 Å². The van der Waals surface area contributed by atoms with Crippen LogP contribution in [0.4, 0.5) is 29.2 Å². The van der Waals surface area contributed by atoms with E-state index in [1.807, 2.05) is 0 Å². The topological polar surface area (TPSA) is 110 Å². The molecule has 9 nitrogen and oxygen atoms in total. The number of carbonyl (C=O) groups excluding carboxylic acids is 1. The molecule has 4 aliphatic heterocycles. The van der Waals surface area contributed by atoms with E-state index < -0.39 is 34.9 Å². The second-order valence-corrected chi connectivity index (χ2v) is 13.2. The number of hydrogen-bond donors (Lipinski definition) is 2. The Bertz CT molecular complexity index is 1910. The number of nitrogens with two attached hydrogens (primary N) is 1. The first-order chi connectivity index (χ1) is 22.1. The number of carbonyl (C=O) groups is 1. The zero-order chi connectivity index (χ0) is 31.9. The van der Waals surface area contributed by atoms with Gasteiger partial charge >= 0.3 is 6.01 Å². The van der Waals surface area contributed by atoms with Gasteiger partial charge in [0.2, 0.25) is 0 Å². The third-order valence-electron chi connectivity index (χ3n) is 10.2. The summed E-state index contributed by atoms with van der Waals surface area (Å²) < 4.78 is 67.6. The highest BCUT2D eigenvalue weighted by atomic mass is 19.2. The maximum atomic E-state index is 17.1. The number of ether oxygens (including phenoxy) is 1. The molecule has 0 aliphatic carbocycles. The van der Waals surface area contributed by atoms with Gasteiger partial charge in [-0.3, -0.25) is 9.69 Å². The third kappa shape index (κ3) is 4.65. The second-order valence-electron chi connectivity index (χ2n) is 13.2. The number of nitrogen functional groups attached to an aromatic ring is 1. The lowest BCUT2D eigenvalue weighted by Crippen LogP contribution is -2.51. The molecule has 2 aromatic heterocycles. The summed E-state index contributed by atoms with van der Waals surface area (Å²) in [6.07, 6.45) is 3.06. The Morgan fingerprint density at radius 3 is 2.63 bits per heavy atom. The van der Waals surface area contributed by atoms with Gasteiger partial charge in [0.05, 0.1) is 11.2 Å². The van der Waals surface area contributed by atoms with Crippen LogP contribution in [0.15, 0.2) is 24.3 Å². The van der Waals surface area contributed by atoms with Crippen molar-refractivity contribution in [1.29, 1.82) is 0 Å². The maximum absolute atomic E-state index is 17.1. The molecule has 8 rings (SSSR count). The van der Waals surface area contributed by atoms with Crippen LogP contribution >= 0.6 is 0 Å². The number of nitrogens with zero attached hydrogens (tertiary/aromatic N) is 5. The van der Waals surface area contributed by atoms with Gasteiger partial charge in [-0.25, -0.2) is 22.5 Å². The number of Topliss-reactive ketones (excluding diaryl/α,β-unsaturated/α-hetero) is 1. The van der Waals surface area contributed by atoms with Crippen molar-refractivity contribution in [3.8, 4) is 17.3 Å². The average Bonchev–Trinajstić information content (AvgIpc) is 3.67. The monoisotopic (exact) mass is 635 g/mol. The Labute approximate surface area is 262 Å². The van der Waals surface area contributed by atoms with Gasteiger partial charge in [0.1, 0.15) is 29.9 Å². The van der Waals surface area contributed by atoms with E-state index in [0.29, 0.717) is 31.9 Å². The zero-order valence-corrected chi connectivity index (χ0v) is 25.3. The molecule has 4 aromatic rings. The summed E-state index contributed by atoms with van der Waals surface area (Å²) in [5.41, 5.74) is 4.66. The molecule has 4 atom stereocenters. The molecule has 0 saturated carbocycles. The quantitative estimate of drug-likeness (QED) is 0.225. The van der Waals surface area contributed by atoms with Gasteiger partial charge in [0.15, 0.2) is 23.2 Å². The smallest absolute Gasteiger partial charge is 0.319 e. The van der Waals surface area contributed by atoms with Crippen molar-refractivity contribution in [2.45, 2.75) is 62.8 Å². The fourth-order valence-corrected chi connectivity index (χ4v) is 8.11. The normalized spacial score (nSPS) is 25.9. The first-order valence-corrected chi connectivity index (χ1v) is 15.7. The van der Waals surface area contributed by atoms with E-state index in [-0.39, 0.29) is 69.0 Å². The van der Waals surface area contributed by atoms with E-state index in [2.05, 4.69) is 25.1 Å². The summed E-state index contributed by atoms with van der Waals surface area (Å²) >= 11 is 0. The Morgan fingerprint density at radius 1 is 1.09 bits per heavy atom. The molecule has 0 amide bonds.